The van der Waals surface area contributed by atoms with Gasteiger partial charge in [-0.3, -0.25) is 0 Å². The fraction of sp³-hybridized carbons (Fsp3) is 0.571. The van der Waals surface area contributed by atoms with Gasteiger partial charge in [0.2, 0.25) is 0 Å². The van der Waals surface area contributed by atoms with Crippen LogP contribution in [0.1, 0.15) is 31.7 Å². The van der Waals surface area contributed by atoms with Crippen LogP contribution in [0.3, 0.4) is 0 Å². The van der Waals surface area contributed by atoms with Gasteiger partial charge in [-0.15, -0.1) is 0 Å². The van der Waals surface area contributed by atoms with Crippen LogP contribution in [0.25, 0.3) is 0 Å². The SMILES string of the molecule is CCCC(CCc1ccccc1OC)NC. The summed E-state index contributed by atoms with van der Waals surface area (Å²) in [5.74, 6) is 1.01. The van der Waals surface area contributed by atoms with Crippen molar-refractivity contribution in [3.63, 3.8) is 0 Å². The van der Waals surface area contributed by atoms with E-state index in [4.69, 9.17) is 4.74 Å². The molecule has 90 valence electrons. The first-order valence-electron chi connectivity index (χ1n) is 6.11. The second-order valence-electron chi connectivity index (χ2n) is 4.12. The molecule has 1 aromatic rings. The molecule has 0 amide bonds. The van der Waals surface area contributed by atoms with E-state index in [0.717, 1.165) is 12.2 Å². The van der Waals surface area contributed by atoms with Crippen molar-refractivity contribution in [3.05, 3.63) is 29.8 Å². The van der Waals surface area contributed by atoms with Gasteiger partial charge in [-0.2, -0.15) is 0 Å². The van der Waals surface area contributed by atoms with Gasteiger partial charge < -0.3 is 10.1 Å². The molecule has 0 saturated carbocycles. The fourth-order valence-corrected chi connectivity index (χ4v) is 2.02. The number of hydrogen-bond donors (Lipinski definition) is 1. The smallest absolute Gasteiger partial charge is 0.122 e. The second kappa shape index (κ2) is 7.29. The lowest BCUT2D eigenvalue weighted by Gasteiger charge is -2.16. The molecule has 2 nitrogen and oxygen atoms in total. The minimum Gasteiger partial charge on any atom is -0.496 e. The monoisotopic (exact) mass is 221 g/mol. The molecule has 0 spiro atoms. The van der Waals surface area contributed by atoms with Crippen molar-refractivity contribution in [2.24, 2.45) is 0 Å². The predicted octanol–water partition coefficient (Wildman–Crippen LogP) is 3.02. The molecule has 1 N–H and O–H groups in total. The van der Waals surface area contributed by atoms with Crippen LogP contribution in [-0.4, -0.2) is 20.2 Å². The van der Waals surface area contributed by atoms with Crippen LogP contribution in [0.5, 0.6) is 5.75 Å². The summed E-state index contributed by atoms with van der Waals surface area (Å²) in [6.07, 6.45) is 4.73. The molecule has 1 aromatic carbocycles. The van der Waals surface area contributed by atoms with Crippen molar-refractivity contribution in [1.29, 1.82) is 0 Å². The molecule has 0 bridgehead atoms. The third kappa shape index (κ3) is 3.86. The summed E-state index contributed by atoms with van der Waals surface area (Å²) >= 11 is 0. The van der Waals surface area contributed by atoms with Crippen molar-refractivity contribution in [2.45, 2.75) is 38.6 Å². The van der Waals surface area contributed by atoms with Crippen molar-refractivity contribution in [3.8, 4) is 5.75 Å². The first-order valence-corrected chi connectivity index (χ1v) is 6.11. The number of rotatable bonds is 7. The maximum Gasteiger partial charge on any atom is 0.122 e. The lowest BCUT2D eigenvalue weighted by Crippen LogP contribution is -2.25. The van der Waals surface area contributed by atoms with Crippen LogP contribution in [0.2, 0.25) is 0 Å². The Labute approximate surface area is 99.0 Å². The van der Waals surface area contributed by atoms with E-state index in [1.807, 2.05) is 19.2 Å². The molecule has 0 fully saturated rings. The Morgan fingerprint density at radius 3 is 2.62 bits per heavy atom. The normalized spacial score (nSPS) is 12.4. The van der Waals surface area contributed by atoms with Crippen LogP contribution in [0.15, 0.2) is 24.3 Å². The third-order valence-electron chi connectivity index (χ3n) is 3.00. The molecular weight excluding hydrogens is 198 g/mol. The van der Waals surface area contributed by atoms with Gasteiger partial charge in [0.1, 0.15) is 5.75 Å². The lowest BCUT2D eigenvalue weighted by molar-refractivity contribution is 0.406. The number of ether oxygens (including phenoxy) is 1. The summed E-state index contributed by atoms with van der Waals surface area (Å²) in [5.41, 5.74) is 1.31. The summed E-state index contributed by atoms with van der Waals surface area (Å²) < 4.78 is 5.35. The summed E-state index contributed by atoms with van der Waals surface area (Å²) in [6.45, 7) is 2.23. The number of methoxy groups -OCH3 is 1. The third-order valence-corrected chi connectivity index (χ3v) is 3.00. The number of benzene rings is 1. The van der Waals surface area contributed by atoms with E-state index in [0.29, 0.717) is 6.04 Å². The van der Waals surface area contributed by atoms with Gasteiger partial charge in [0, 0.05) is 6.04 Å². The predicted molar refractivity (Wildman–Crippen MR) is 69.1 cm³/mol. The van der Waals surface area contributed by atoms with Gasteiger partial charge in [-0.25, -0.2) is 0 Å². The van der Waals surface area contributed by atoms with Crippen molar-refractivity contribution in [1.82, 2.24) is 5.32 Å². The van der Waals surface area contributed by atoms with Gasteiger partial charge in [0.05, 0.1) is 7.11 Å². The zero-order chi connectivity index (χ0) is 11.8. The topological polar surface area (TPSA) is 21.3 Å². The van der Waals surface area contributed by atoms with Crippen molar-refractivity contribution < 1.29 is 4.74 Å². The summed E-state index contributed by atoms with van der Waals surface area (Å²) in [4.78, 5) is 0. The molecule has 0 saturated heterocycles. The average Bonchev–Trinajstić information content (AvgIpc) is 2.34. The average molecular weight is 221 g/mol. The fourth-order valence-electron chi connectivity index (χ4n) is 2.02. The molecule has 2 heteroatoms. The number of hydrogen-bond acceptors (Lipinski definition) is 2. The minimum atomic E-state index is 0.620. The molecule has 1 unspecified atom stereocenters. The van der Waals surface area contributed by atoms with Crippen LogP contribution in [0, 0.1) is 0 Å². The van der Waals surface area contributed by atoms with E-state index in [1.165, 1.54) is 24.8 Å². The quantitative estimate of drug-likeness (QED) is 0.764. The molecule has 0 aliphatic rings. The second-order valence-corrected chi connectivity index (χ2v) is 4.12. The van der Waals surface area contributed by atoms with E-state index < -0.39 is 0 Å². The standard InChI is InChI=1S/C14H23NO/c1-4-7-13(15-2)11-10-12-8-5-6-9-14(12)16-3/h5-6,8-9,13,15H,4,7,10-11H2,1-3H3. The first kappa shape index (κ1) is 13.0. The first-order chi connectivity index (χ1) is 7.81. The highest BCUT2D eigenvalue weighted by Crippen LogP contribution is 2.19. The Hall–Kier alpha value is -1.02. The van der Waals surface area contributed by atoms with Crippen LogP contribution >= 0.6 is 0 Å². The van der Waals surface area contributed by atoms with Gasteiger partial charge in [-0.05, 0) is 37.9 Å². The highest BCUT2D eigenvalue weighted by molar-refractivity contribution is 5.33. The van der Waals surface area contributed by atoms with Crippen LogP contribution in [-0.2, 0) is 6.42 Å². The molecule has 0 radical (unpaired) electrons. The van der Waals surface area contributed by atoms with E-state index in [-0.39, 0.29) is 0 Å². The summed E-state index contributed by atoms with van der Waals surface area (Å²) in [6, 6.07) is 8.90. The largest absolute Gasteiger partial charge is 0.496 e. The van der Waals surface area contributed by atoms with Gasteiger partial charge in [0.25, 0.3) is 0 Å². The Morgan fingerprint density at radius 2 is 2.00 bits per heavy atom. The summed E-state index contributed by atoms with van der Waals surface area (Å²) in [7, 11) is 3.78. The highest BCUT2D eigenvalue weighted by atomic mass is 16.5. The number of nitrogens with one attached hydrogen (secondary N) is 1. The van der Waals surface area contributed by atoms with E-state index in [2.05, 4.69) is 24.4 Å². The lowest BCUT2D eigenvalue weighted by atomic mass is 10.0. The van der Waals surface area contributed by atoms with Gasteiger partial charge in [-0.1, -0.05) is 31.5 Å². The molecule has 0 aliphatic heterocycles. The molecule has 1 rings (SSSR count). The minimum absolute atomic E-state index is 0.620. The Morgan fingerprint density at radius 1 is 1.25 bits per heavy atom. The highest BCUT2D eigenvalue weighted by Gasteiger charge is 2.07. The maximum absolute atomic E-state index is 5.35. The molecule has 0 aromatic heterocycles. The summed E-state index contributed by atoms with van der Waals surface area (Å²) in [5, 5.41) is 3.37. The van der Waals surface area contributed by atoms with Gasteiger partial charge >= 0.3 is 0 Å². The number of aryl methyl sites for hydroxylation is 1. The zero-order valence-electron chi connectivity index (χ0n) is 10.6. The molecule has 0 aliphatic carbocycles. The number of para-hydroxylation sites is 1. The van der Waals surface area contributed by atoms with Crippen LogP contribution in [0.4, 0.5) is 0 Å². The van der Waals surface area contributed by atoms with E-state index in [9.17, 15) is 0 Å². The van der Waals surface area contributed by atoms with E-state index >= 15 is 0 Å². The van der Waals surface area contributed by atoms with Crippen LogP contribution < -0.4 is 10.1 Å². The molecule has 16 heavy (non-hydrogen) atoms. The van der Waals surface area contributed by atoms with Crippen molar-refractivity contribution in [2.75, 3.05) is 14.2 Å². The van der Waals surface area contributed by atoms with Gasteiger partial charge in [0.15, 0.2) is 0 Å². The Bertz CT molecular complexity index is 299. The molecular formula is C14H23NO. The molecule has 1 atom stereocenters. The Kier molecular flexibility index (Phi) is 5.94. The van der Waals surface area contributed by atoms with Crippen molar-refractivity contribution >= 4 is 0 Å². The zero-order valence-corrected chi connectivity index (χ0v) is 10.6. The maximum atomic E-state index is 5.35. The molecule has 0 heterocycles. The Balaban J connectivity index is 2.52. The van der Waals surface area contributed by atoms with E-state index in [1.54, 1.807) is 7.11 Å².